The highest BCUT2D eigenvalue weighted by Gasteiger charge is 3.05. The van der Waals surface area contributed by atoms with Gasteiger partial charge in [-0.2, -0.15) is 5.11 Å². The maximum Gasteiger partial charge on any atom is 0.128 e. The third kappa shape index (κ3) is 1.26. The van der Waals surface area contributed by atoms with Gasteiger partial charge in [-0.05, 0) is 26.0 Å². The van der Waals surface area contributed by atoms with Crippen LogP contribution in [0.4, 0.5) is 5.69 Å². The van der Waals surface area contributed by atoms with Crippen LogP contribution in [0.3, 0.4) is 0 Å². The van der Waals surface area contributed by atoms with E-state index in [9.17, 15) is 0 Å². The lowest BCUT2D eigenvalue weighted by atomic mass is 9.76. The SMILES string of the molecule is C[C@]12O[C@](C)([C@H]3[C@@H]1N=NN3c1ccccc1)[C@@]1(Br)C(Br)(Br)[C@]12Br. The number of alkyl halides is 4. The van der Waals surface area contributed by atoms with E-state index in [4.69, 9.17) is 4.74 Å². The van der Waals surface area contributed by atoms with Crippen LogP contribution < -0.4 is 5.01 Å². The predicted octanol–water partition coefficient (Wildman–Crippen LogP) is 4.94. The summed E-state index contributed by atoms with van der Waals surface area (Å²) >= 11 is 15.7. The first-order valence-electron chi connectivity index (χ1n) is 7.38. The Morgan fingerprint density at radius 2 is 1.61 bits per heavy atom. The third-order valence-corrected chi connectivity index (χ3v) is 15.0. The summed E-state index contributed by atoms with van der Waals surface area (Å²) < 4.78 is 5.71. The second-order valence-corrected chi connectivity index (χ2v) is 12.8. The summed E-state index contributed by atoms with van der Waals surface area (Å²) in [6.45, 7) is 4.29. The molecule has 1 saturated carbocycles. The van der Waals surface area contributed by atoms with Crippen LogP contribution in [0.15, 0.2) is 40.7 Å². The summed E-state index contributed by atoms with van der Waals surface area (Å²) in [6, 6.07) is 10.2. The summed E-state index contributed by atoms with van der Waals surface area (Å²) in [4.78, 5) is 0. The van der Waals surface area contributed by atoms with Crippen molar-refractivity contribution in [3.8, 4) is 0 Å². The third-order valence-electron chi connectivity index (χ3n) is 6.05. The Labute approximate surface area is 167 Å². The fourth-order valence-corrected chi connectivity index (χ4v) is 11.2. The Hall–Kier alpha value is 0.500. The molecule has 1 aromatic carbocycles. The molecule has 4 nitrogen and oxygen atoms in total. The molecule has 2 bridgehead atoms. The molecule has 0 amide bonds. The van der Waals surface area contributed by atoms with E-state index >= 15 is 0 Å². The van der Waals surface area contributed by atoms with E-state index in [1.165, 1.54) is 0 Å². The average Bonchev–Trinajstić information content (AvgIpc) is 2.94. The Morgan fingerprint density at radius 1 is 1.00 bits per heavy atom. The molecule has 0 aromatic heterocycles. The van der Waals surface area contributed by atoms with Crippen LogP contribution in [-0.4, -0.2) is 35.2 Å². The van der Waals surface area contributed by atoms with Crippen molar-refractivity contribution in [2.45, 2.75) is 49.0 Å². The van der Waals surface area contributed by atoms with E-state index in [1.807, 2.05) is 23.2 Å². The minimum absolute atomic E-state index is 0.0327. The maximum absolute atomic E-state index is 6.62. The number of benzene rings is 1. The molecule has 23 heavy (non-hydrogen) atoms. The number of halogens is 4. The highest BCUT2D eigenvalue weighted by atomic mass is 79.9. The number of hydrogen-bond donors (Lipinski definition) is 0. The van der Waals surface area contributed by atoms with E-state index in [1.54, 1.807) is 0 Å². The van der Waals surface area contributed by atoms with Crippen molar-refractivity contribution in [2.24, 2.45) is 10.3 Å². The molecule has 1 aromatic rings. The van der Waals surface area contributed by atoms with Crippen LogP contribution in [0.5, 0.6) is 0 Å². The number of anilines is 1. The van der Waals surface area contributed by atoms with Gasteiger partial charge in [0, 0.05) is 0 Å². The van der Waals surface area contributed by atoms with Gasteiger partial charge in [0.1, 0.15) is 35.2 Å². The molecule has 6 atom stereocenters. The fourth-order valence-electron chi connectivity index (χ4n) is 4.94. The maximum atomic E-state index is 6.62. The van der Waals surface area contributed by atoms with Gasteiger partial charge in [-0.1, -0.05) is 87.1 Å². The first-order chi connectivity index (χ1) is 10.7. The lowest BCUT2D eigenvalue weighted by Gasteiger charge is -2.39. The van der Waals surface area contributed by atoms with Crippen molar-refractivity contribution in [1.29, 1.82) is 0 Å². The highest BCUT2D eigenvalue weighted by molar-refractivity contribution is 9.28. The normalized spacial score (nSPS) is 54.3. The van der Waals surface area contributed by atoms with Crippen molar-refractivity contribution in [3.63, 3.8) is 0 Å². The standard InChI is InChI=1S/C15H13Br4N3O/c1-11-9-10(22(21-20-9)8-6-4-3-5-7-8)12(2,23-11)14(17)13(11,16)15(14,18)19/h3-7,9-10H,1-2H3/t9-,10+,11-,12+,13+,14-/m0/s1. The van der Waals surface area contributed by atoms with Crippen molar-refractivity contribution in [2.75, 3.05) is 5.01 Å². The number of fused-ring (bicyclic) bond motifs is 8. The summed E-state index contributed by atoms with van der Waals surface area (Å²) in [5.74, 6) is 0. The minimum atomic E-state index is -0.476. The van der Waals surface area contributed by atoms with Crippen molar-refractivity contribution < 1.29 is 4.74 Å². The molecule has 2 saturated heterocycles. The predicted molar refractivity (Wildman–Crippen MR) is 103 cm³/mol. The van der Waals surface area contributed by atoms with Gasteiger partial charge in [-0.25, -0.2) is 5.01 Å². The van der Waals surface area contributed by atoms with Crippen LogP contribution >= 0.6 is 63.7 Å². The van der Waals surface area contributed by atoms with Crippen LogP contribution in [0, 0.1) is 0 Å². The van der Waals surface area contributed by atoms with Crippen LogP contribution in [0.2, 0.25) is 0 Å². The Bertz CT molecular complexity index is 760. The number of ether oxygens (including phenoxy) is 1. The molecule has 1 aliphatic carbocycles. The average molecular weight is 571 g/mol. The van der Waals surface area contributed by atoms with Crippen molar-refractivity contribution in [3.05, 3.63) is 30.3 Å². The number of nitrogens with zero attached hydrogens (tertiary/aromatic N) is 3. The van der Waals surface area contributed by atoms with E-state index in [0.717, 1.165) is 5.69 Å². The summed E-state index contributed by atoms with van der Waals surface area (Å²) in [5, 5.41) is 11.1. The van der Waals surface area contributed by atoms with Gasteiger partial charge < -0.3 is 4.74 Å². The molecular weight excluding hydrogens is 558 g/mol. The number of hydrogen-bond acceptors (Lipinski definition) is 4. The van der Waals surface area contributed by atoms with Gasteiger partial charge >= 0.3 is 0 Å². The fraction of sp³-hybridized carbons (Fsp3) is 0.600. The molecule has 0 spiro atoms. The minimum Gasteiger partial charge on any atom is -0.361 e. The second-order valence-electron chi connectivity index (χ2n) is 6.98. The summed E-state index contributed by atoms with van der Waals surface area (Å²) in [6.07, 6.45) is 0. The molecule has 0 N–H and O–H groups in total. The lowest BCUT2D eigenvalue weighted by Crippen LogP contribution is -2.60. The van der Waals surface area contributed by atoms with Crippen LogP contribution in [0.1, 0.15) is 13.8 Å². The second kappa shape index (κ2) is 4.08. The zero-order valence-corrected chi connectivity index (χ0v) is 18.6. The van der Waals surface area contributed by atoms with Gasteiger partial charge in [-0.15, -0.1) is 0 Å². The molecule has 3 aliphatic heterocycles. The lowest BCUT2D eigenvalue weighted by molar-refractivity contribution is -0.0572. The zero-order valence-electron chi connectivity index (χ0n) is 12.3. The van der Waals surface area contributed by atoms with Gasteiger partial charge in [0.25, 0.3) is 0 Å². The zero-order chi connectivity index (χ0) is 16.5. The van der Waals surface area contributed by atoms with Gasteiger partial charge in [0.15, 0.2) is 0 Å². The molecular formula is C15H13Br4N3O. The van der Waals surface area contributed by atoms with Gasteiger partial charge in [0.05, 0.1) is 5.69 Å². The Kier molecular flexibility index (Phi) is 2.79. The summed E-state index contributed by atoms with van der Waals surface area (Å²) in [7, 11) is 0. The molecule has 3 heterocycles. The Balaban J connectivity index is 1.69. The summed E-state index contributed by atoms with van der Waals surface area (Å²) in [5.41, 5.74) is 0.0921. The molecule has 5 rings (SSSR count). The smallest absolute Gasteiger partial charge is 0.128 e. The largest absolute Gasteiger partial charge is 0.361 e. The molecule has 0 unspecified atom stereocenters. The van der Waals surface area contributed by atoms with E-state index in [0.29, 0.717) is 0 Å². The number of rotatable bonds is 1. The van der Waals surface area contributed by atoms with E-state index in [-0.39, 0.29) is 24.0 Å². The van der Waals surface area contributed by atoms with E-state index in [2.05, 4.69) is 100 Å². The van der Waals surface area contributed by atoms with Crippen molar-refractivity contribution in [1.82, 2.24) is 0 Å². The van der Waals surface area contributed by atoms with Crippen LogP contribution in [0.25, 0.3) is 0 Å². The van der Waals surface area contributed by atoms with Crippen molar-refractivity contribution >= 4 is 69.4 Å². The molecule has 8 heteroatoms. The highest BCUT2D eigenvalue weighted by Crippen LogP contribution is 2.91. The Morgan fingerprint density at radius 3 is 2.26 bits per heavy atom. The van der Waals surface area contributed by atoms with E-state index < -0.39 is 11.2 Å². The topological polar surface area (TPSA) is 37.2 Å². The van der Waals surface area contributed by atoms with Gasteiger partial charge in [-0.3, -0.25) is 0 Å². The molecule has 3 fully saturated rings. The first kappa shape index (κ1) is 15.7. The van der Waals surface area contributed by atoms with Crippen LogP contribution in [-0.2, 0) is 4.74 Å². The molecule has 0 radical (unpaired) electrons. The first-order valence-corrected chi connectivity index (χ1v) is 10.5. The molecule has 4 aliphatic rings. The number of para-hydroxylation sites is 1. The van der Waals surface area contributed by atoms with Gasteiger partial charge in [0.2, 0.25) is 0 Å². The molecule has 122 valence electrons. The monoisotopic (exact) mass is 567 g/mol. The quantitative estimate of drug-likeness (QED) is 0.449.